The van der Waals surface area contributed by atoms with Gasteiger partial charge in [0.05, 0.1) is 24.3 Å². The third-order valence-corrected chi connectivity index (χ3v) is 8.88. The smallest absolute Gasteiger partial charge is 0.414 e. The maximum Gasteiger partial charge on any atom is 0.414 e. The fraction of sp³-hybridized carbons (Fsp3) is 0.471. The SMILES string of the molecule is CC(C)(C)OC(=O)N1CCC2=CC3=C(OCCN3C(=O)OCCc3ccccc3)C(C)(c3ccccc3)C2(C)CC1. The normalized spacial score (nSPS) is 24.4. The number of carbonyl (C=O) groups is 2. The number of hydrogen-bond donors (Lipinski definition) is 0. The van der Waals surface area contributed by atoms with Crippen LogP contribution in [0.3, 0.4) is 0 Å². The van der Waals surface area contributed by atoms with Gasteiger partial charge in [0, 0.05) is 24.9 Å². The van der Waals surface area contributed by atoms with Gasteiger partial charge in [0.15, 0.2) is 0 Å². The summed E-state index contributed by atoms with van der Waals surface area (Å²) in [6.45, 7) is 12.4. The molecule has 41 heavy (non-hydrogen) atoms. The second kappa shape index (κ2) is 11.3. The molecule has 0 N–H and O–H groups in total. The Morgan fingerprint density at radius 1 is 0.927 bits per heavy atom. The lowest BCUT2D eigenvalue weighted by molar-refractivity contribution is 0.0227. The van der Waals surface area contributed by atoms with Gasteiger partial charge in [-0.25, -0.2) is 9.59 Å². The van der Waals surface area contributed by atoms with Gasteiger partial charge in [0.1, 0.15) is 18.0 Å². The van der Waals surface area contributed by atoms with Gasteiger partial charge in [-0.1, -0.05) is 73.2 Å². The van der Waals surface area contributed by atoms with Crippen LogP contribution in [0, 0.1) is 5.41 Å². The van der Waals surface area contributed by atoms with Crippen LogP contribution in [0.5, 0.6) is 0 Å². The van der Waals surface area contributed by atoms with Crippen LogP contribution >= 0.6 is 0 Å². The molecule has 2 atom stereocenters. The summed E-state index contributed by atoms with van der Waals surface area (Å²) < 4.78 is 18.0. The Kier molecular flexibility index (Phi) is 7.91. The highest BCUT2D eigenvalue weighted by atomic mass is 16.6. The van der Waals surface area contributed by atoms with Gasteiger partial charge in [-0.2, -0.15) is 0 Å². The predicted molar refractivity (Wildman–Crippen MR) is 158 cm³/mol. The van der Waals surface area contributed by atoms with Gasteiger partial charge < -0.3 is 19.1 Å². The summed E-state index contributed by atoms with van der Waals surface area (Å²) in [5.74, 6) is 0.784. The molecular weight excluding hydrogens is 516 g/mol. The van der Waals surface area contributed by atoms with Crippen molar-refractivity contribution >= 4 is 12.2 Å². The van der Waals surface area contributed by atoms with Crippen LogP contribution in [-0.4, -0.2) is 60.4 Å². The van der Waals surface area contributed by atoms with Crippen molar-refractivity contribution in [2.45, 2.75) is 64.9 Å². The zero-order chi connectivity index (χ0) is 29.3. The van der Waals surface area contributed by atoms with Gasteiger partial charge in [-0.3, -0.25) is 4.90 Å². The number of likely N-dealkylation sites (tertiary alicyclic amines) is 1. The molecule has 2 aromatic carbocycles. The zero-order valence-electron chi connectivity index (χ0n) is 24.9. The van der Waals surface area contributed by atoms with Crippen molar-refractivity contribution in [3.05, 3.63) is 94.9 Å². The molecule has 0 radical (unpaired) electrons. The van der Waals surface area contributed by atoms with E-state index in [1.165, 1.54) is 5.57 Å². The molecule has 1 aliphatic carbocycles. The van der Waals surface area contributed by atoms with E-state index in [0.29, 0.717) is 45.7 Å². The lowest BCUT2D eigenvalue weighted by Crippen LogP contribution is -2.52. The van der Waals surface area contributed by atoms with E-state index >= 15 is 0 Å². The van der Waals surface area contributed by atoms with Crippen LogP contribution in [0.1, 0.15) is 58.6 Å². The third-order valence-electron chi connectivity index (χ3n) is 8.88. The molecule has 7 heteroatoms. The first-order chi connectivity index (χ1) is 19.5. The Bertz CT molecular complexity index is 1330. The Morgan fingerprint density at radius 3 is 2.29 bits per heavy atom. The number of benzene rings is 2. The Morgan fingerprint density at radius 2 is 1.61 bits per heavy atom. The van der Waals surface area contributed by atoms with Crippen molar-refractivity contribution in [2.75, 3.05) is 32.8 Å². The molecule has 1 fully saturated rings. The summed E-state index contributed by atoms with van der Waals surface area (Å²) in [6, 6.07) is 20.4. The second-order valence-corrected chi connectivity index (χ2v) is 12.5. The largest absolute Gasteiger partial charge is 0.493 e. The first-order valence-corrected chi connectivity index (χ1v) is 14.6. The minimum absolute atomic E-state index is 0.292. The summed E-state index contributed by atoms with van der Waals surface area (Å²) in [5.41, 5.74) is 2.71. The van der Waals surface area contributed by atoms with E-state index in [1.807, 2.05) is 74.2 Å². The molecule has 2 heterocycles. The molecule has 0 saturated carbocycles. The molecule has 2 aliphatic heterocycles. The maximum absolute atomic E-state index is 13.5. The molecule has 2 unspecified atom stereocenters. The molecule has 218 valence electrons. The van der Waals surface area contributed by atoms with Crippen LogP contribution in [0.15, 0.2) is 83.8 Å². The summed E-state index contributed by atoms with van der Waals surface area (Å²) in [6.07, 6.45) is 3.52. The predicted octanol–water partition coefficient (Wildman–Crippen LogP) is 6.84. The third kappa shape index (κ3) is 5.59. The first-order valence-electron chi connectivity index (χ1n) is 14.6. The molecule has 2 amide bonds. The van der Waals surface area contributed by atoms with Gasteiger partial charge in [0.2, 0.25) is 0 Å². The van der Waals surface area contributed by atoms with Crippen molar-refractivity contribution < 1.29 is 23.8 Å². The van der Waals surface area contributed by atoms with E-state index in [9.17, 15) is 9.59 Å². The highest BCUT2D eigenvalue weighted by Crippen LogP contribution is 2.59. The number of hydrogen-bond acceptors (Lipinski definition) is 5. The van der Waals surface area contributed by atoms with Gasteiger partial charge in [-0.05, 0) is 57.7 Å². The lowest BCUT2D eigenvalue weighted by atomic mass is 9.53. The molecule has 2 aromatic rings. The molecule has 3 aliphatic rings. The summed E-state index contributed by atoms with van der Waals surface area (Å²) in [5, 5.41) is 0. The number of amides is 2. The van der Waals surface area contributed by atoms with E-state index < -0.39 is 11.0 Å². The van der Waals surface area contributed by atoms with Crippen molar-refractivity contribution in [1.29, 1.82) is 0 Å². The van der Waals surface area contributed by atoms with Crippen molar-refractivity contribution in [3.63, 3.8) is 0 Å². The zero-order valence-corrected chi connectivity index (χ0v) is 24.9. The minimum Gasteiger partial charge on any atom is -0.493 e. The van der Waals surface area contributed by atoms with Crippen LogP contribution in [-0.2, 0) is 26.0 Å². The Labute approximate surface area is 243 Å². The number of ether oxygens (including phenoxy) is 3. The van der Waals surface area contributed by atoms with E-state index in [2.05, 4.69) is 32.1 Å². The van der Waals surface area contributed by atoms with Crippen LogP contribution < -0.4 is 0 Å². The fourth-order valence-corrected chi connectivity index (χ4v) is 6.38. The van der Waals surface area contributed by atoms with E-state index in [0.717, 1.165) is 29.0 Å². The number of carbonyl (C=O) groups excluding carboxylic acids is 2. The number of fused-ring (bicyclic) bond motifs is 1. The average Bonchev–Trinajstić information content (AvgIpc) is 3.13. The monoisotopic (exact) mass is 558 g/mol. The molecule has 0 spiro atoms. The minimum atomic E-state index is -0.569. The highest BCUT2D eigenvalue weighted by molar-refractivity contribution is 5.72. The standard InChI is InChI=1S/C34H42N2O5/c1-32(2,3)41-30(37)35-19-16-27-24-28-29(34(5,33(27,4)18-20-35)26-14-10-7-11-15-26)39-23-21-36(28)31(38)40-22-17-25-12-8-6-9-13-25/h6-15,24H,16-23H2,1-5H3. The van der Waals surface area contributed by atoms with Gasteiger partial charge >= 0.3 is 12.2 Å². The second-order valence-electron chi connectivity index (χ2n) is 12.5. The van der Waals surface area contributed by atoms with E-state index in [-0.39, 0.29) is 17.6 Å². The molecular formula is C34H42N2O5. The average molecular weight is 559 g/mol. The number of nitrogens with zero attached hydrogens (tertiary/aromatic N) is 2. The molecule has 5 rings (SSSR count). The summed E-state index contributed by atoms with van der Waals surface area (Å²) in [4.78, 5) is 30.1. The molecule has 0 aromatic heterocycles. The lowest BCUT2D eigenvalue weighted by Gasteiger charge is -2.53. The van der Waals surface area contributed by atoms with E-state index in [1.54, 1.807) is 4.90 Å². The molecule has 1 saturated heterocycles. The Balaban J connectivity index is 1.48. The van der Waals surface area contributed by atoms with Crippen molar-refractivity contribution in [2.24, 2.45) is 5.41 Å². The van der Waals surface area contributed by atoms with Crippen LogP contribution in [0.25, 0.3) is 0 Å². The van der Waals surface area contributed by atoms with Crippen LogP contribution in [0.2, 0.25) is 0 Å². The quantitative estimate of drug-likeness (QED) is 0.411. The fourth-order valence-electron chi connectivity index (χ4n) is 6.38. The van der Waals surface area contributed by atoms with Gasteiger partial charge in [0.25, 0.3) is 0 Å². The first kappa shape index (κ1) is 28.8. The van der Waals surface area contributed by atoms with Crippen molar-refractivity contribution in [3.8, 4) is 0 Å². The van der Waals surface area contributed by atoms with E-state index in [4.69, 9.17) is 14.2 Å². The highest BCUT2D eigenvalue weighted by Gasteiger charge is 2.56. The topological polar surface area (TPSA) is 68.3 Å². The summed E-state index contributed by atoms with van der Waals surface area (Å²) in [7, 11) is 0. The maximum atomic E-state index is 13.5. The number of allylic oxidation sites excluding steroid dienone is 2. The molecule has 7 nitrogen and oxygen atoms in total. The number of rotatable bonds is 4. The van der Waals surface area contributed by atoms with Gasteiger partial charge in [-0.15, -0.1) is 0 Å². The van der Waals surface area contributed by atoms with Crippen molar-refractivity contribution in [1.82, 2.24) is 9.80 Å². The Hall–Kier alpha value is -3.74. The summed E-state index contributed by atoms with van der Waals surface area (Å²) >= 11 is 0. The molecule has 0 bridgehead atoms. The van der Waals surface area contributed by atoms with Crippen LogP contribution in [0.4, 0.5) is 9.59 Å².